The monoisotopic (exact) mass is 695 g/mol. The van der Waals surface area contributed by atoms with Gasteiger partial charge in [-0.25, -0.2) is 8.42 Å². The molecular weight excluding hydrogens is 657 g/mol. The summed E-state index contributed by atoms with van der Waals surface area (Å²) in [6, 6.07) is 26.3. The molecule has 47 heavy (non-hydrogen) atoms. The molecule has 0 saturated carbocycles. The van der Waals surface area contributed by atoms with Crippen molar-refractivity contribution in [1.29, 1.82) is 0 Å². The fourth-order valence-electron chi connectivity index (χ4n) is 5.01. The summed E-state index contributed by atoms with van der Waals surface area (Å²) < 4.78 is 34.7. The van der Waals surface area contributed by atoms with E-state index in [4.69, 9.17) is 27.9 Å². The predicted octanol–water partition coefficient (Wildman–Crippen LogP) is 7.06. The second kappa shape index (κ2) is 16.7. The molecule has 2 amide bonds. The van der Waals surface area contributed by atoms with Crippen LogP contribution in [0.25, 0.3) is 0 Å². The van der Waals surface area contributed by atoms with Gasteiger partial charge in [-0.15, -0.1) is 0 Å². The summed E-state index contributed by atoms with van der Waals surface area (Å²) in [6.07, 6.45) is 1.85. The summed E-state index contributed by atoms with van der Waals surface area (Å²) in [7, 11) is -2.71. The first-order valence-corrected chi connectivity index (χ1v) is 17.5. The van der Waals surface area contributed by atoms with Gasteiger partial charge in [0, 0.05) is 19.5 Å². The number of amides is 2. The Hall–Kier alpha value is -4.05. The number of aryl methyl sites for hydroxylation is 1. The van der Waals surface area contributed by atoms with Crippen LogP contribution in [0.5, 0.6) is 5.75 Å². The Kier molecular flexibility index (Phi) is 12.7. The van der Waals surface area contributed by atoms with Crippen LogP contribution in [0.2, 0.25) is 10.0 Å². The highest BCUT2D eigenvalue weighted by Crippen LogP contribution is 2.28. The van der Waals surface area contributed by atoms with Crippen LogP contribution in [0, 0.1) is 6.92 Å². The Morgan fingerprint density at radius 2 is 1.55 bits per heavy atom. The van der Waals surface area contributed by atoms with E-state index in [2.05, 4.69) is 5.32 Å². The van der Waals surface area contributed by atoms with Crippen LogP contribution in [0.3, 0.4) is 0 Å². The van der Waals surface area contributed by atoms with Crippen molar-refractivity contribution < 1.29 is 22.7 Å². The molecule has 248 valence electrons. The van der Waals surface area contributed by atoms with Gasteiger partial charge < -0.3 is 15.0 Å². The van der Waals surface area contributed by atoms with E-state index < -0.39 is 28.5 Å². The molecule has 8 nitrogen and oxygen atoms in total. The van der Waals surface area contributed by atoms with E-state index in [1.807, 2.05) is 44.2 Å². The van der Waals surface area contributed by atoms with Crippen molar-refractivity contribution in [3.63, 3.8) is 0 Å². The third kappa shape index (κ3) is 9.50. The third-order valence-electron chi connectivity index (χ3n) is 7.69. The normalized spacial score (nSPS) is 11.9. The first-order chi connectivity index (χ1) is 22.5. The number of hydrogen-bond acceptors (Lipinski definition) is 5. The Labute approximate surface area is 287 Å². The summed E-state index contributed by atoms with van der Waals surface area (Å²) >= 11 is 12.5. The minimum absolute atomic E-state index is 0.0184. The van der Waals surface area contributed by atoms with Crippen LogP contribution in [0.15, 0.2) is 102 Å². The average Bonchev–Trinajstić information content (AvgIpc) is 3.07. The Morgan fingerprint density at radius 1 is 0.872 bits per heavy atom. The largest absolute Gasteiger partial charge is 0.497 e. The fourth-order valence-corrected chi connectivity index (χ4v) is 6.74. The number of benzene rings is 4. The van der Waals surface area contributed by atoms with Crippen LogP contribution >= 0.6 is 23.2 Å². The van der Waals surface area contributed by atoms with E-state index in [-0.39, 0.29) is 29.5 Å². The number of hydrogen-bond donors (Lipinski definition) is 1. The Morgan fingerprint density at radius 3 is 2.17 bits per heavy atom. The lowest BCUT2D eigenvalue weighted by Crippen LogP contribution is -2.53. The quantitative estimate of drug-likeness (QED) is 0.134. The van der Waals surface area contributed by atoms with E-state index in [9.17, 15) is 18.0 Å². The molecular formula is C36H39Cl2N3O5S. The molecule has 0 heterocycles. The zero-order valence-electron chi connectivity index (χ0n) is 26.7. The number of rotatable bonds is 15. The summed E-state index contributed by atoms with van der Waals surface area (Å²) in [4.78, 5) is 29.9. The van der Waals surface area contributed by atoms with Crippen molar-refractivity contribution in [1.82, 2.24) is 10.2 Å². The number of ether oxygens (including phenoxy) is 1. The highest BCUT2D eigenvalue weighted by molar-refractivity contribution is 7.92. The van der Waals surface area contributed by atoms with Gasteiger partial charge in [0.25, 0.3) is 10.0 Å². The molecule has 0 bridgehead atoms. The molecule has 0 fully saturated rings. The topological polar surface area (TPSA) is 96.0 Å². The van der Waals surface area contributed by atoms with Gasteiger partial charge in [0.1, 0.15) is 18.3 Å². The van der Waals surface area contributed by atoms with Gasteiger partial charge in [-0.2, -0.15) is 0 Å². The standard InChI is InChI=1S/C36H39Cl2N3O5S/c1-4-5-21-39-36(43)34(23-27-9-7-6-8-10-27)40(24-28-13-20-32(37)33(38)22-28)35(42)25-41(29-14-16-30(46-3)17-15-29)47(44,45)31-18-11-26(2)12-19-31/h6-20,22,34H,4-5,21,23-25H2,1-3H3,(H,39,43). The van der Waals surface area contributed by atoms with E-state index in [1.165, 1.54) is 24.1 Å². The van der Waals surface area contributed by atoms with E-state index in [0.29, 0.717) is 27.9 Å². The van der Waals surface area contributed by atoms with Crippen molar-refractivity contribution in [3.05, 3.63) is 124 Å². The number of nitrogens with one attached hydrogen (secondary N) is 1. The molecule has 1 unspecified atom stereocenters. The lowest BCUT2D eigenvalue weighted by molar-refractivity contribution is -0.140. The lowest BCUT2D eigenvalue weighted by atomic mass is 10.0. The number of unbranched alkanes of at least 4 members (excludes halogenated alkanes) is 1. The van der Waals surface area contributed by atoms with Crippen molar-refractivity contribution in [3.8, 4) is 5.75 Å². The van der Waals surface area contributed by atoms with E-state index >= 15 is 0 Å². The van der Waals surface area contributed by atoms with Crippen molar-refractivity contribution in [2.45, 2.75) is 50.6 Å². The molecule has 0 spiro atoms. The second-order valence-corrected chi connectivity index (χ2v) is 13.8. The van der Waals surface area contributed by atoms with Gasteiger partial charge in [-0.1, -0.05) is 90.6 Å². The number of carbonyl (C=O) groups is 2. The van der Waals surface area contributed by atoms with E-state index in [1.54, 1.807) is 54.6 Å². The maximum atomic E-state index is 14.6. The molecule has 0 saturated heterocycles. The summed E-state index contributed by atoms with van der Waals surface area (Å²) in [5.74, 6) is -0.386. The number of carbonyl (C=O) groups excluding carboxylic acids is 2. The Balaban J connectivity index is 1.80. The molecule has 4 rings (SSSR count). The molecule has 1 N–H and O–H groups in total. The minimum Gasteiger partial charge on any atom is -0.497 e. The summed E-state index contributed by atoms with van der Waals surface area (Å²) in [5.41, 5.74) is 2.63. The maximum Gasteiger partial charge on any atom is 0.264 e. The minimum atomic E-state index is -4.22. The zero-order valence-corrected chi connectivity index (χ0v) is 29.0. The molecule has 4 aromatic rings. The first kappa shape index (κ1) is 35.8. The van der Waals surface area contributed by atoms with Crippen molar-refractivity contribution >= 4 is 50.7 Å². The first-order valence-electron chi connectivity index (χ1n) is 15.3. The second-order valence-electron chi connectivity index (χ2n) is 11.1. The molecule has 0 aliphatic carbocycles. The Bertz CT molecular complexity index is 1750. The molecule has 4 aromatic carbocycles. The van der Waals surface area contributed by atoms with E-state index in [0.717, 1.165) is 28.3 Å². The average molecular weight is 697 g/mol. The highest BCUT2D eigenvalue weighted by atomic mass is 35.5. The SMILES string of the molecule is CCCCNC(=O)C(Cc1ccccc1)N(Cc1ccc(Cl)c(Cl)c1)C(=O)CN(c1ccc(OC)cc1)S(=O)(=O)c1ccc(C)cc1. The number of nitrogens with zero attached hydrogens (tertiary/aromatic N) is 2. The molecule has 0 aliphatic heterocycles. The van der Waals surface area contributed by atoms with Crippen LogP contribution < -0.4 is 14.4 Å². The van der Waals surface area contributed by atoms with Gasteiger partial charge >= 0.3 is 0 Å². The molecule has 0 aliphatic rings. The fraction of sp³-hybridized carbons (Fsp3) is 0.278. The molecule has 0 aromatic heterocycles. The number of halogens is 2. The van der Waals surface area contributed by atoms with Crippen LogP contribution in [0.4, 0.5) is 5.69 Å². The van der Waals surface area contributed by atoms with Crippen molar-refractivity contribution in [2.24, 2.45) is 0 Å². The molecule has 11 heteroatoms. The van der Waals surface area contributed by atoms with Gasteiger partial charge in [-0.3, -0.25) is 13.9 Å². The number of sulfonamides is 1. The zero-order chi connectivity index (χ0) is 34.0. The molecule has 1 atom stereocenters. The highest BCUT2D eigenvalue weighted by Gasteiger charge is 2.34. The van der Waals surface area contributed by atoms with Gasteiger partial charge in [0.05, 0.1) is 27.7 Å². The van der Waals surface area contributed by atoms with Gasteiger partial charge in [0.2, 0.25) is 11.8 Å². The maximum absolute atomic E-state index is 14.6. The van der Waals surface area contributed by atoms with Crippen LogP contribution in [-0.4, -0.2) is 51.4 Å². The smallest absolute Gasteiger partial charge is 0.264 e. The number of methoxy groups -OCH3 is 1. The number of anilines is 1. The van der Waals surface area contributed by atoms with Crippen LogP contribution in [-0.2, 0) is 32.6 Å². The summed E-state index contributed by atoms with van der Waals surface area (Å²) in [6.45, 7) is 3.73. The van der Waals surface area contributed by atoms with Gasteiger partial charge in [-0.05, 0) is 73.0 Å². The predicted molar refractivity (Wildman–Crippen MR) is 188 cm³/mol. The van der Waals surface area contributed by atoms with Gasteiger partial charge in [0.15, 0.2) is 0 Å². The lowest BCUT2D eigenvalue weighted by Gasteiger charge is -2.34. The van der Waals surface area contributed by atoms with Crippen molar-refractivity contribution in [2.75, 3.05) is 24.5 Å². The molecule has 0 radical (unpaired) electrons. The summed E-state index contributed by atoms with van der Waals surface area (Å²) in [5, 5.41) is 3.62. The van der Waals surface area contributed by atoms with Crippen LogP contribution in [0.1, 0.15) is 36.5 Å². The third-order valence-corrected chi connectivity index (χ3v) is 10.2.